The van der Waals surface area contributed by atoms with E-state index >= 15 is 0 Å². The molecule has 1 N–H and O–H groups in total. The normalized spacial score (nSPS) is 12.3. The van der Waals surface area contributed by atoms with Gasteiger partial charge in [-0.15, -0.1) is 0 Å². The van der Waals surface area contributed by atoms with E-state index < -0.39 is 10.2 Å². The van der Waals surface area contributed by atoms with Gasteiger partial charge in [-0.2, -0.15) is 17.0 Å². The number of benzene rings is 1. The average molecular weight is 320 g/mol. The van der Waals surface area contributed by atoms with Crippen LogP contribution in [0.1, 0.15) is 12.0 Å². The summed E-state index contributed by atoms with van der Waals surface area (Å²) in [7, 11) is 1.61. The fraction of sp³-hybridized carbons (Fsp3) is 0.538. The van der Waals surface area contributed by atoms with Gasteiger partial charge in [-0.25, -0.2) is 0 Å². The van der Waals surface area contributed by atoms with E-state index in [0.717, 1.165) is 18.5 Å². The van der Waals surface area contributed by atoms with E-state index in [1.165, 1.54) is 8.61 Å². The maximum atomic E-state index is 12.3. The van der Waals surface area contributed by atoms with Gasteiger partial charge in [0.2, 0.25) is 0 Å². The van der Waals surface area contributed by atoms with Crippen LogP contribution < -0.4 is 5.32 Å². The topological polar surface area (TPSA) is 52.7 Å². The predicted molar refractivity (Wildman–Crippen MR) is 83.0 cm³/mol. The molecule has 0 heterocycles. The van der Waals surface area contributed by atoms with Crippen molar-refractivity contribution in [2.45, 2.75) is 13.0 Å². The lowest BCUT2D eigenvalue weighted by molar-refractivity contribution is 0.385. The summed E-state index contributed by atoms with van der Waals surface area (Å²) in [5.41, 5.74) is 0.907. The maximum absolute atomic E-state index is 12.3. The van der Waals surface area contributed by atoms with Crippen molar-refractivity contribution in [2.24, 2.45) is 0 Å². The Morgan fingerprint density at radius 3 is 2.30 bits per heavy atom. The van der Waals surface area contributed by atoms with Crippen molar-refractivity contribution in [3.8, 4) is 0 Å². The molecular weight excluding hydrogens is 298 g/mol. The maximum Gasteiger partial charge on any atom is 0.281 e. The molecule has 0 atom stereocenters. The number of hydrogen-bond donors (Lipinski definition) is 1. The van der Waals surface area contributed by atoms with E-state index in [9.17, 15) is 8.42 Å². The van der Waals surface area contributed by atoms with E-state index in [4.69, 9.17) is 11.6 Å². The quantitative estimate of drug-likeness (QED) is 0.740. The predicted octanol–water partition coefficient (Wildman–Crippen LogP) is 1.56. The Morgan fingerprint density at radius 2 is 1.75 bits per heavy atom. The van der Waals surface area contributed by atoms with Gasteiger partial charge in [-0.05, 0) is 37.7 Å². The Hall–Kier alpha value is -0.660. The molecule has 0 bridgehead atoms. The molecule has 0 unspecified atom stereocenters. The van der Waals surface area contributed by atoms with Gasteiger partial charge in [0.15, 0.2) is 0 Å². The van der Waals surface area contributed by atoms with E-state index in [2.05, 4.69) is 5.32 Å². The van der Waals surface area contributed by atoms with Crippen LogP contribution in [0.3, 0.4) is 0 Å². The molecule has 0 spiro atoms. The molecule has 0 saturated carbocycles. The van der Waals surface area contributed by atoms with Gasteiger partial charge >= 0.3 is 0 Å². The second kappa shape index (κ2) is 7.95. The summed E-state index contributed by atoms with van der Waals surface area (Å²) in [6.45, 7) is 1.62. The lowest BCUT2D eigenvalue weighted by Gasteiger charge is -2.24. The smallest absolute Gasteiger partial charge is 0.281 e. The van der Waals surface area contributed by atoms with Gasteiger partial charge in [0.05, 0.1) is 0 Å². The fourth-order valence-electron chi connectivity index (χ4n) is 1.76. The van der Waals surface area contributed by atoms with Crippen LogP contribution in [0, 0.1) is 0 Å². The number of halogens is 1. The highest BCUT2D eigenvalue weighted by atomic mass is 35.5. The highest BCUT2D eigenvalue weighted by molar-refractivity contribution is 7.86. The van der Waals surface area contributed by atoms with Crippen molar-refractivity contribution in [1.29, 1.82) is 0 Å². The van der Waals surface area contributed by atoms with Crippen molar-refractivity contribution in [1.82, 2.24) is 13.9 Å². The van der Waals surface area contributed by atoms with E-state index in [-0.39, 0.29) is 0 Å². The number of rotatable bonds is 8. The van der Waals surface area contributed by atoms with Crippen molar-refractivity contribution < 1.29 is 8.42 Å². The summed E-state index contributed by atoms with van der Waals surface area (Å²) in [4.78, 5) is 0. The molecule has 0 aliphatic rings. The van der Waals surface area contributed by atoms with Gasteiger partial charge in [0, 0.05) is 32.2 Å². The first-order valence-corrected chi connectivity index (χ1v) is 8.22. The molecule has 5 nitrogen and oxygen atoms in total. The molecule has 20 heavy (non-hydrogen) atoms. The van der Waals surface area contributed by atoms with Crippen LogP contribution in [0.5, 0.6) is 0 Å². The zero-order chi connectivity index (χ0) is 15.2. The van der Waals surface area contributed by atoms with Gasteiger partial charge < -0.3 is 5.32 Å². The van der Waals surface area contributed by atoms with Gasteiger partial charge in [-0.3, -0.25) is 0 Å². The third kappa shape index (κ3) is 5.03. The summed E-state index contributed by atoms with van der Waals surface area (Å²) in [6.07, 6.45) is 0.779. The van der Waals surface area contributed by atoms with Crippen LogP contribution >= 0.6 is 11.6 Å². The molecule has 0 aliphatic heterocycles. The second-order valence-electron chi connectivity index (χ2n) is 4.67. The molecule has 1 aromatic carbocycles. The van der Waals surface area contributed by atoms with Gasteiger partial charge in [0.1, 0.15) is 0 Å². The average Bonchev–Trinajstić information content (AvgIpc) is 2.41. The summed E-state index contributed by atoms with van der Waals surface area (Å²) in [5, 5.41) is 3.64. The van der Waals surface area contributed by atoms with Crippen molar-refractivity contribution in [3.63, 3.8) is 0 Å². The third-order valence-corrected chi connectivity index (χ3v) is 5.15. The number of nitrogens with one attached hydrogen (secondary N) is 1. The van der Waals surface area contributed by atoms with Gasteiger partial charge in [0.25, 0.3) is 10.2 Å². The van der Waals surface area contributed by atoms with E-state index in [0.29, 0.717) is 18.1 Å². The first-order chi connectivity index (χ1) is 9.37. The molecule has 1 rings (SSSR count). The molecule has 0 fully saturated rings. The van der Waals surface area contributed by atoms with Crippen LogP contribution in [0.2, 0.25) is 5.02 Å². The molecule has 0 radical (unpaired) electrons. The third-order valence-electron chi connectivity index (χ3n) is 3.01. The molecule has 0 aliphatic carbocycles. The van der Waals surface area contributed by atoms with E-state index in [1.807, 2.05) is 19.2 Å². The molecule has 0 saturated heterocycles. The van der Waals surface area contributed by atoms with E-state index in [1.54, 1.807) is 26.2 Å². The monoisotopic (exact) mass is 319 g/mol. The van der Waals surface area contributed by atoms with Crippen LogP contribution in [0.15, 0.2) is 24.3 Å². The SMILES string of the molecule is CNCCCN(C)S(=O)(=O)N(C)Cc1ccc(Cl)cc1. The minimum Gasteiger partial charge on any atom is -0.320 e. The summed E-state index contributed by atoms with van der Waals surface area (Å²) >= 11 is 5.81. The Balaban J connectivity index is 2.64. The largest absolute Gasteiger partial charge is 0.320 e. The molecule has 1 aromatic rings. The summed E-state index contributed by atoms with van der Waals surface area (Å²) in [6, 6.07) is 7.17. The first kappa shape index (κ1) is 17.4. The van der Waals surface area contributed by atoms with Crippen molar-refractivity contribution in [2.75, 3.05) is 34.2 Å². The zero-order valence-electron chi connectivity index (χ0n) is 12.1. The van der Waals surface area contributed by atoms with Crippen LogP contribution in [0.25, 0.3) is 0 Å². The van der Waals surface area contributed by atoms with Crippen LogP contribution in [0.4, 0.5) is 0 Å². The molecule has 0 aromatic heterocycles. The van der Waals surface area contributed by atoms with Crippen molar-refractivity contribution in [3.05, 3.63) is 34.9 Å². The highest BCUT2D eigenvalue weighted by Crippen LogP contribution is 2.13. The minimum atomic E-state index is -3.42. The first-order valence-electron chi connectivity index (χ1n) is 6.44. The van der Waals surface area contributed by atoms with Crippen LogP contribution in [-0.4, -0.2) is 51.3 Å². The zero-order valence-corrected chi connectivity index (χ0v) is 13.7. The Bertz CT molecular complexity index is 505. The second-order valence-corrected chi connectivity index (χ2v) is 7.25. The molecule has 114 valence electrons. The summed E-state index contributed by atoms with van der Waals surface area (Å²) in [5.74, 6) is 0. The van der Waals surface area contributed by atoms with Crippen LogP contribution in [-0.2, 0) is 16.8 Å². The Kier molecular flexibility index (Phi) is 6.91. The fourth-order valence-corrected chi connectivity index (χ4v) is 3.03. The Morgan fingerprint density at radius 1 is 1.15 bits per heavy atom. The number of hydrogen-bond acceptors (Lipinski definition) is 3. The highest BCUT2D eigenvalue weighted by Gasteiger charge is 2.23. The molecular formula is C13H22ClN3O2S. The molecule has 7 heteroatoms. The van der Waals surface area contributed by atoms with Gasteiger partial charge in [-0.1, -0.05) is 23.7 Å². The van der Waals surface area contributed by atoms with Crippen molar-refractivity contribution >= 4 is 21.8 Å². The lowest BCUT2D eigenvalue weighted by atomic mass is 10.2. The Labute approximate surface area is 126 Å². The number of nitrogens with zero attached hydrogens (tertiary/aromatic N) is 2. The standard InChI is InChI=1S/C13H22ClN3O2S/c1-15-9-4-10-16(2)20(18,19)17(3)11-12-5-7-13(14)8-6-12/h5-8,15H,4,9-11H2,1-3H3. The molecule has 0 amide bonds. The minimum absolute atomic E-state index is 0.329. The lowest BCUT2D eigenvalue weighted by Crippen LogP contribution is -2.40. The summed E-state index contributed by atoms with van der Waals surface area (Å²) < 4.78 is 27.3.